The first kappa shape index (κ1) is 11.0. The van der Waals surface area contributed by atoms with Gasteiger partial charge in [-0.15, -0.1) is 11.3 Å². The molecule has 0 bridgehead atoms. The third kappa shape index (κ3) is 2.04. The Morgan fingerprint density at radius 1 is 1.40 bits per heavy atom. The van der Waals surface area contributed by atoms with Crippen molar-refractivity contribution in [1.29, 1.82) is 0 Å². The highest BCUT2D eigenvalue weighted by Crippen LogP contribution is 2.35. The van der Waals surface area contributed by atoms with E-state index in [1.54, 1.807) is 5.56 Å². The molecule has 0 N–H and O–H groups in total. The Kier molecular flexibility index (Phi) is 3.32. The van der Waals surface area contributed by atoms with Gasteiger partial charge >= 0.3 is 0 Å². The molecule has 0 radical (unpaired) electrons. The van der Waals surface area contributed by atoms with Crippen molar-refractivity contribution in [3.8, 4) is 0 Å². The molecule has 0 aromatic carbocycles. The van der Waals surface area contributed by atoms with Crippen molar-refractivity contribution >= 4 is 16.3 Å². The lowest BCUT2D eigenvalue weighted by atomic mass is 10.1. The molecule has 0 atom stereocenters. The molecule has 2 nitrogen and oxygen atoms in total. The number of anilines is 1. The summed E-state index contributed by atoms with van der Waals surface area (Å²) in [5.74, 6) is 0. The van der Waals surface area contributed by atoms with Crippen LogP contribution in [0.2, 0.25) is 0 Å². The molecule has 0 aliphatic carbocycles. The Morgan fingerprint density at radius 2 is 2.20 bits per heavy atom. The predicted octanol–water partition coefficient (Wildman–Crippen LogP) is 3.07. The molecule has 3 heteroatoms. The predicted molar refractivity (Wildman–Crippen MR) is 67.6 cm³/mol. The lowest BCUT2D eigenvalue weighted by Crippen LogP contribution is -2.41. The Morgan fingerprint density at radius 3 is 2.87 bits per heavy atom. The molecule has 0 fully saturated rings. The van der Waals surface area contributed by atoms with Crippen molar-refractivity contribution in [2.75, 3.05) is 24.7 Å². The maximum Gasteiger partial charge on any atom is 0.0967 e. The minimum absolute atomic E-state index is 1.11. The third-order valence-electron chi connectivity index (χ3n) is 3.06. The second-order valence-corrected chi connectivity index (χ2v) is 5.11. The summed E-state index contributed by atoms with van der Waals surface area (Å²) in [6.45, 7) is 11.3. The number of rotatable bonds is 3. The Bertz CT molecular complexity index is 332. The van der Waals surface area contributed by atoms with Gasteiger partial charge in [-0.2, -0.15) is 0 Å². The van der Waals surface area contributed by atoms with E-state index in [0.29, 0.717) is 0 Å². The first-order valence-corrected chi connectivity index (χ1v) is 6.68. The van der Waals surface area contributed by atoms with E-state index in [2.05, 4.69) is 36.0 Å². The van der Waals surface area contributed by atoms with Crippen LogP contribution in [0.3, 0.4) is 0 Å². The summed E-state index contributed by atoms with van der Waals surface area (Å²) >= 11 is 1.91. The van der Waals surface area contributed by atoms with Gasteiger partial charge in [0.15, 0.2) is 0 Å². The van der Waals surface area contributed by atoms with Gasteiger partial charge in [0.25, 0.3) is 0 Å². The van der Waals surface area contributed by atoms with E-state index in [0.717, 1.165) is 19.8 Å². The molecule has 1 aromatic rings. The van der Waals surface area contributed by atoms with Gasteiger partial charge in [0.2, 0.25) is 0 Å². The van der Waals surface area contributed by atoms with Gasteiger partial charge in [0, 0.05) is 18.7 Å². The molecule has 0 saturated heterocycles. The topological polar surface area (TPSA) is 6.48 Å². The summed E-state index contributed by atoms with van der Waals surface area (Å²) in [5, 5.41) is 3.81. The standard InChI is InChI=1S/C12H20N2S/c1-4-6-14-9-13(5-2)7-11-10(3)8-15-12(11)14/h8H,4-7,9H2,1-3H3. The van der Waals surface area contributed by atoms with Gasteiger partial charge in [-0.1, -0.05) is 13.8 Å². The highest BCUT2D eigenvalue weighted by molar-refractivity contribution is 7.14. The second kappa shape index (κ2) is 4.54. The normalized spacial score (nSPS) is 16.9. The number of nitrogens with zero attached hydrogens (tertiary/aromatic N) is 2. The molecular weight excluding hydrogens is 204 g/mol. The van der Waals surface area contributed by atoms with Gasteiger partial charge in [0.1, 0.15) is 0 Å². The van der Waals surface area contributed by atoms with Crippen LogP contribution in [-0.4, -0.2) is 24.7 Å². The molecule has 0 saturated carbocycles. The molecule has 2 rings (SSSR count). The van der Waals surface area contributed by atoms with Crippen LogP contribution in [0, 0.1) is 6.92 Å². The van der Waals surface area contributed by atoms with E-state index < -0.39 is 0 Å². The summed E-state index contributed by atoms with van der Waals surface area (Å²) < 4.78 is 0. The van der Waals surface area contributed by atoms with Crippen LogP contribution in [0.15, 0.2) is 5.38 Å². The van der Waals surface area contributed by atoms with Gasteiger partial charge in [-0.05, 0) is 30.8 Å². The lowest BCUT2D eigenvalue weighted by molar-refractivity contribution is 0.266. The number of fused-ring (bicyclic) bond motifs is 1. The minimum atomic E-state index is 1.11. The average molecular weight is 224 g/mol. The maximum atomic E-state index is 2.53. The fourth-order valence-corrected chi connectivity index (χ4v) is 3.24. The molecule has 0 amide bonds. The van der Waals surface area contributed by atoms with Crippen LogP contribution in [0.1, 0.15) is 31.4 Å². The third-order valence-corrected chi connectivity index (χ3v) is 4.26. The minimum Gasteiger partial charge on any atom is -0.350 e. The first-order valence-electron chi connectivity index (χ1n) is 5.80. The van der Waals surface area contributed by atoms with Gasteiger partial charge in [0.05, 0.1) is 11.7 Å². The molecule has 1 aromatic heterocycles. The summed E-state index contributed by atoms with van der Waals surface area (Å²) in [5.41, 5.74) is 3.02. The zero-order valence-electron chi connectivity index (χ0n) is 9.92. The molecule has 84 valence electrons. The van der Waals surface area contributed by atoms with E-state index in [-0.39, 0.29) is 0 Å². The Hall–Kier alpha value is -0.540. The molecule has 0 unspecified atom stereocenters. The highest BCUT2D eigenvalue weighted by Gasteiger charge is 2.23. The summed E-state index contributed by atoms with van der Waals surface area (Å²) in [6, 6.07) is 0. The van der Waals surface area contributed by atoms with Crippen LogP contribution in [0.4, 0.5) is 5.00 Å². The van der Waals surface area contributed by atoms with Crippen LogP contribution >= 0.6 is 11.3 Å². The fraction of sp³-hybridized carbons (Fsp3) is 0.667. The molecule has 1 aliphatic heterocycles. The maximum absolute atomic E-state index is 2.53. The van der Waals surface area contributed by atoms with Gasteiger partial charge in [-0.3, -0.25) is 4.90 Å². The van der Waals surface area contributed by atoms with Crippen molar-refractivity contribution in [1.82, 2.24) is 4.90 Å². The second-order valence-electron chi connectivity index (χ2n) is 4.25. The highest BCUT2D eigenvalue weighted by atomic mass is 32.1. The van der Waals surface area contributed by atoms with E-state index >= 15 is 0 Å². The molecule has 2 heterocycles. The van der Waals surface area contributed by atoms with E-state index in [9.17, 15) is 0 Å². The Balaban J connectivity index is 2.27. The van der Waals surface area contributed by atoms with Crippen molar-refractivity contribution in [3.05, 3.63) is 16.5 Å². The summed E-state index contributed by atoms with van der Waals surface area (Å²) in [7, 11) is 0. The number of hydrogen-bond donors (Lipinski definition) is 0. The van der Waals surface area contributed by atoms with Gasteiger partial charge < -0.3 is 4.90 Å². The Labute approximate surface area is 96.5 Å². The number of aryl methyl sites for hydroxylation is 1. The van der Waals surface area contributed by atoms with Crippen molar-refractivity contribution < 1.29 is 0 Å². The monoisotopic (exact) mass is 224 g/mol. The van der Waals surface area contributed by atoms with Crippen molar-refractivity contribution in [2.45, 2.75) is 33.7 Å². The zero-order chi connectivity index (χ0) is 10.8. The average Bonchev–Trinajstić information content (AvgIpc) is 2.61. The SMILES string of the molecule is CCCN1CN(CC)Cc2c(C)csc21. The fourth-order valence-electron chi connectivity index (χ4n) is 2.15. The van der Waals surface area contributed by atoms with Crippen molar-refractivity contribution in [2.24, 2.45) is 0 Å². The van der Waals surface area contributed by atoms with E-state index in [1.165, 1.54) is 23.5 Å². The first-order chi connectivity index (χ1) is 7.26. The number of hydrogen-bond acceptors (Lipinski definition) is 3. The van der Waals surface area contributed by atoms with Crippen molar-refractivity contribution in [3.63, 3.8) is 0 Å². The summed E-state index contributed by atoms with van der Waals surface area (Å²) in [6.07, 6.45) is 1.23. The molecule has 0 spiro atoms. The quantitative estimate of drug-likeness (QED) is 0.778. The molecule has 15 heavy (non-hydrogen) atoms. The zero-order valence-corrected chi connectivity index (χ0v) is 10.7. The van der Waals surface area contributed by atoms with E-state index in [1.807, 2.05) is 11.3 Å². The lowest BCUT2D eigenvalue weighted by Gasteiger charge is -2.36. The largest absolute Gasteiger partial charge is 0.350 e. The smallest absolute Gasteiger partial charge is 0.0967 e. The summed E-state index contributed by atoms with van der Waals surface area (Å²) in [4.78, 5) is 5.04. The molecular formula is C12H20N2S. The van der Waals surface area contributed by atoms with E-state index in [4.69, 9.17) is 0 Å². The van der Waals surface area contributed by atoms with Crippen LogP contribution in [0.25, 0.3) is 0 Å². The molecule has 1 aliphatic rings. The number of thiophene rings is 1. The van der Waals surface area contributed by atoms with Crippen LogP contribution in [-0.2, 0) is 6.54 Å². The van der Waals surface area contributed by atoms with Crippen LogP contribution in [0.5, 0.6) is 0 Å². The van der Waals surface area contributed by atoms with Gasteiger partial charge in [-0.25, -0.2) is 0 Å². The van der Waals surface area contributed by atoms with Crippen LogP contribution < -0.4 is 4.90 Å².